The van der Waals surface area contributed by atoms with Gasteiger partial charge in [-0.3, -0.25) is 0 Å². The van der Waals surface area contributed by atoms with E-state index >= 15 is 0 Å². The summed E-state index contributed by atoms with van der Waals surface area (Å²) in [4.78, 5) is 23.7. The molecule has 0 aliphatic heterocycles. The number of carbonyl (C=O) groups excluding carboxylic acids is 2. The van der Waals surface area contributed by atoms with Gasteiger partial charge in [0.15, 0.2) is 0 Å². The number of hydrogen-bond acceptors (Lipinski definition) is 4. The lowest BCUT2D eigenvalue weighted by molar-refractivity contribution is -0.143. The van der Waals surface area contributed by atoms with E-state index < -0.39 is 23.9 Å². The molecule has 0 aromatic heterocycles. The van der Waals surface area contributed by atoms with E-state index in [1.807, 2.05) is 30.3 Å². The molecule has 5 nitrogen and oxygen atoms in total. The van der Waals surface area contributed by atoms with E-state index in [4.69, 9.17) is 4.74 Å². The highest BCUT2D eigenvalue weighted by molar-refractivity contribution is 5.81. The van der Waals surface area contributed by atoms with Crippen molar-refractivity contribution in [2.24, 2.45) is 0 Å². The lowest BCUT2D eigenvalue weighted by Gasteiger charge is -2.16. The molecule has 0 saturated heterocycles. The van der Waals surface area contributed by atoms with Crippen LogP contribution in [0.3, 0.4) is 0 Å². The largest absolute Gasteiger partial charge is 0.467 e. The Balaban J connectivity index is 1.95. The van der Waals surface area contributed by atoms with E-state index in [0.29, 0.717) is 5.56 Å². The van der Waals surface area contributed by atoms with Gasteiger partial charge in [-0.15, -0.1) is 0 Å². The summed E-state index contributed by atoms with van der Waals surface area (Å²) in [6.45, 7) is 0.0839. The second-order valence-corrected chi connectivity index (χ2v) is 5.12. The standard InChI is InChI=1S/C18H18FNO4/c1-23-17(21)16(11-14-8-5-9-15(19)10-14)20-18(22)24-12-13-6-3-2-4-7-13/h2-10,16H,11-12H2,1H3,(H,20,22)/t16-/m1/s1. The third-order valence-corrected chi connectivity index (χ3v) is 3.32. The fourth-order valence-electron chi connectivity index (χ4n) is 2.14. The van der Waals surface area contributed by atoms with Gasteiger partial charge < -0.3 is 14.8 Å². The van der Waals surface area contributed by atoms with E-state index in [-0.39, 0.29) is 13.0 Å². The maximum absolute atomic E-state index is 13.2. The predicted octanol–water partition coefficient (Wildman–Crippen LogP) is 2.84. The van der Waals surface area contributed by atoms with E-state index in [1.165, 1.54) is 25.3 Å². The van der Waals surface area contributed by atoms with Gasteiger partial charge in [0.25, 0.3) is 0 Å². The molecule has 1 atom stereocenters. The van der Waals surface area contributed by atoms with Crippen LogP contribution in [-0.4, -0.2) is 25.2 Å². The molecule has 0 bridgehead atoms. The van der Waals surface area contributed by atoms with Gasteiger partial charge in [0, 0.05) is 6.42 Å². The molecular formula is C18H18FNO4. The average molecular weight is 331 g/mol. The number of rotatable bonds is 6. The van der Waals surface area contributed by atoms with Gasteiger partial charge in [-0.1, -0.05) is 42.5 Å². The van der Waals surface area contributed by atoms with E-state index in [9.17, 15) is 14.0 Å². The number of amides is 1. The minimum Gasteiger partial charge on any atom is -0.467 e. The van der Waals surface area contributed by atoms with Crippen LogP contribution in [0.4, 0.5) is 9.18 Å². The molecule has 2 aromatic carbocycles. The quantitative estimate of drug-likeness (QED) is 0.827. The van der Waals surface area contributed by atoms with Crippen LogP contribution in [0, 0.1) is 5.82 Å². The average Bonchev–Trinajstić information content (AvgIpc) is 2.59. The van der Waals surface area contributed by atoms with Crippen molar-refractivity contribution in [2.45, 2.75) is 19.1 Å². The second kappa shape index (κ2) is 8.67. The molecule has 0 saturated carbocycles. The first kappa shape index (κ1) is 17.5. The summed E-state index contributed by atoms with van der Waals surface area (Å²) in [7, 11) is 1.22. The smallest absolute Gasteiger partial charge is 0.408 e. The molecule has 126 valence electrons. The number of alkyl carbamates (subject to hydrolysis) is 1. The molecule has 0 fully saturated rings. The van der Waals surface area contributed by atoms with E-state index in [1.54, 1.807) is 6.07 Å². The molecule has 0 spiro atoms. The molecule has 0 heterocycles. The first-order valence-electron chi connectivity index (χ1n) is 7.38. The van der Waals surface area contributed by atoms with Crippen LogP contribution < -0.4 is 5.32 Å². The number of esters is 1. The maximum Gasteiger partial charge on any atom is 0.408 e. The summed E-state index contributed by atoms with van der Waals surface area (Å²) in [5.74, 6) is -1.04. The van der Waals surface area contributed by atoms with Crippen molar-refractivity contribution in [3.05, 3.63) is 71.5 Å². The SMILES string of the molecule is COC(=O)[C@@H](Cc1cccc(F)c1)NC(=O)OCc1ccccc1. The maximum atomic E-state index is 13.2. The van der Waals surface area contributed by atoms with Crippen molar-refractivity contribution < 1.29 is 23.5 Å². The van der Waals surface area contributed by atoms with Crippen LogP contribution in [0.25, 0.3) is 0 Å². The predicted molar refractivity (Wildman–Crippen MR) is 85.7 cm³/mol. The molecule has 2 aromatic rings. The molecule has 1 amide bonds. The monoisotopic (exact) mass is 331 g/mol. The summed E-state index contributed by atoms with van der Waals surface area (Å²) in [6, 6.07) is 14.0. The third kappa shape index (κ3) is 5.39. The molecule has 0 aliphatic rings. The van der Waals surface area contributed by atoms with E-state index in [2.05, 4.69) is 10.1 Å². The lowest BCUT2D eigenvalue weighted by atomic mass is 10.1. The van der Waals surface area contributed by atoms with Gasteiger partial charge in [0.2, 0.25) is 0 Å². The van der Waals surface area contributed by atoms with Crippen molar-refractivity contribution >= 4 is 12.1 Å². The summed E-state index contributed by atoms with van der Waals surface area (Å²) < 4.78 is 23.0. The molecule has 1 N–H and O–H groups in total. The highest BCUT2D eigenvalue weighted by Crippen LogP contribution is 2.08. The molecule has 0 radical (unpaired) electrons. The Bertz CT molecular complexity index is 690. The zero-order valence-electron chi connectivity index (χ0n) is 13.2. The normalized spacial score (nSPS) is 11.4. The van der Waals surface area contributed by atoms with Crippen LogP contribution in [0.5, 0.6) is 0 Å². The number of nitrogens with one attached hydrogen (secondary N) is 1. The van der Waals surface area contributed by atoms with Crippen molar-refractivity contribution in [2.75, 3.05) is 7.11 Å². The lowest BCUT2D eigenvalue weighted by Crippen LogP contribution is -2.43. The number of methoxy groups -OCH3 is 1. The fraction of sp³-hybridized carbons (Fsp3) is 0.222. The van der Waals surface area contributed by atoms with Crippen LogP contribution in [0.15, 0.2) is 54.6 Å². The zero-order valence-corrected chi connectivity index (χ0v) is 13.2. The molecule has 6 heteroatoms. The van der Waals surface area contributed by atoms with Gasteiger partial charge in [0.1, 0.15) is 18.5 Å². The minimum atomic E-state index is -0.958. The van der Waals surface area contributed by atoms with Gasteiger partial charge in [0.05, 0.1) is 7.11 Å². The van der Waals surface area contributed by atoms with Gasteiger partial charge in [-0.05, 0) is 23.3 Å². The van der Waals surface area contributed by atoms with Crippen molar-refractivity contribution in [3.63, 3.8) is 0 Å². The number of ether oxygens (including phenoxy) is 2. The van der Waals surface area contributed by atoms with Crippen molar-refractivity contribution in [1.29, 1.82) is 0 Å². The second-order valence-electron chi connectivity index (χ2n) is 5.12. The first-order chi connectivity index (χ1) is 11.6. The number of benzene rings is 2. The molecular weight excluding hydrogens is 313 g/mol. The van der Waals surface area contributed by atoms with Crippen LogP contribution in [-0.2, 0) is 27.3 Å². The fourth-order valence-corrected chi connectivity index (χ4v) is 2.14. The van der Waals surface area contributed by atoms with Crippen LogP contribution >= 0.6 is 0 Å². The molecule has 0 aliphatic carbocycles. The Hall–Kier alpha value is -2.89. The Morgan fingerprint density at radius 2 is 1.79 bits per heavy atom. The molecule has 0 unspecified atom stereocenters. The van der Waals surface area contributed by atoms with Crippen LogP contribution in [0.1, 0.15) is 11.1 Å². The van der Waals surface area contributed by atoms with Crippen molar-refractivity contribution in [1.82, 2.24) is 5.32 Å². The summed E-state index contributed by atoms with van der Waals surface area (Å²) in [5.41, 5.74) is 1.39. The van der Waals surface area contributed by atoms with Gasteiger partial charge in [-0.25, -0.2) is 14.0 Å². The molecule has 2 rings (SSSR count). The van der Waals surface area contributed by atoms with E-state index in [0.717, 1.165) is 5.56 Å². The summed E-state index contributed by atoms with van der Waals surface area (Å²) in [5, 5.41) is 2.45. The zero-order chi connectivity index (χ0) is 17.4. The highest BCUT2D eigenvalue weighted by Gasteiger charge is 2.22. The Morgan fingerprint density at radius 3 is 2.46 bits per heavy atom. The Morgan fingerprint density at radius 1 is 1.08 bits per heavy atom. The van der Waals surface area contributed by atoms with Crippen molar-refractivity contribution in [3.8, 4) is 0 Å². The number of carbonyl (C=O) groups is 2. The highest BCUT2D eigenvalue weighted by atomic mass is 19.1. The summed E-state index contributed by atoms with van der Waals surface area (Å²) >= 11 is 0. The van der Waals surface area contributed by atoms with Gasteiger partial charge >= 0.3 is 12.1 Å². The first-order valence-corrected chi connectivity index (χ1v) is 7.38. The number of hydrogen-bond donors (Lipinski definition) is 1. The topological polar surface area (TPSA) is 64.6 Å². The van der Waals surface area contributed by atoms with Gasteiger partial charge in [-0.2, -0.15) is 0 Å². The molecule has 24 heavy (non-hydrogen) atoms. The summed E-state index contributed by atoms with van der Waals surface area (Å²) in [6.07, 6.45) is -0.643. The Kier molecular flexibility index (Phi) is 6.31. The van der Waals surface area contributed by atoms with Crippen LogP contribution in [0.2, 0.25) is 0 Å². The minimum absolute atomic E-state index is 0.0839. The Labute approximate surface area is 139 Å². The number of halogens is 1. The third-order valence-electron chi connectivity index (χ3n) is 3.32.